The molecule has 2 heterocycles. The van der Waals surface area contributed by atoms with Crippen LogP contribution in [0.5, 0.6) is 0 Å². The number of nitrogens with zero attached hydrogens (tertiary/aromatic N) is 5. The van der Waals surface area contributed by atoms with Crippen molar-refractivity contribution in [2.24, 2.45) is 0 Å². The maximum Gasteiger partial charge on any atom is 0.245 e. The third kappa shape index (κ3) is 2.63. The van der Waals surface area contributed by atoms with E-state index in [0.29, 0.717) is 19.5 Å². The first-order valence-electron chi connectivity index (χ1n) is 6.00. The Hall–Kier alpha value is -1.99. The Morgan fingerprint density at radius 3 is 3.11 bits per heavy atom. The topological polar surface area (TPSA) is 93.0 Å². The van der Waals surface area contributed by atoms with Gasteiger partial charge in [-0.25, -0.2) is 4.68 Å². The molecular formula is C10H16N6O2. The minimum atomic E-state index is -0.368. The van der Waals surface area contributed by atoms with Crippen LogP contribution in [-0.4, -0.2) is 56.1 Å². The Morgan fingerprint density at radius 1 is 1.61 bits per heavy atom. The van der Waals surface area contributed by atoms with Crippen molar-refractivity contribution in [3.8, 4) is 0 Å². The van der Waals surface area contributed by atoms with Gasteiger partial charge < -0.3 is 10.2 Å². The van der Waals surface area contributed by atoms with Crippen LogP contribution >= 0.6 is 0 Å². The molecule has 1 fully saturated rings. The molecule has 18 heavy (non-hydrogen) atoms. The first-order valence-corrected chi connectivity index (χ1v) is 6.00. The summed E-state index contributed by atoms with van der Waals surface area (Å²) < 4.78 is 1.36. The molecule has 1 saturated heterocycles. The molecule has 1 aromatic rings. The van der Waals surface area contributed by atoms with Gasteiger partial charge in [0.2, 0.25) is 11.8 Å². The molecule has 1 N–H and O–H groups in total. The van der Waals surface area contributed by atoms with E-state index in [1.165, 1.54) is 11.0 Å². The van der Waals surface area contributed by atoms with Crippen molar-refractivity contribution in [1.29, 1.82) is 0 Å². The number of amides is 2. The van der Waals surface area contributed by atoms with Crippen LogP contribution in [-0.2, 0) is 16.1 Å². The molecule has 1 aliphatic heterocycles. The number of piperazine rings is 1. The molecule has 0 radical (unpaired) electrons. The van der Waals surface area contributed by atoms with Crippen molar-refractivity contribution < 1.29 is 9.59 Å². The van der Waals surface area contributed by atoms with Crippen molar-refractivity contribution in [3.63, 3.8) is 0 Å². The van der Waals surface area contributed by atoms with E-state index in [1.54, 1.807) is 4.90 Å². The number of nitrogens with one attached hydrogen (secondary N) is 1. The molecule has 1 aliphatic rings. The maximum atomic E-state index is 12.1. The highest BCUT2D eigenvalue weighted by molar-refractivity contribution is 5.88. The number of carbonyl (C=O) groups excluding carboxylic acids is 2. The second kappa shape index (κ2) is 5.56. The van der Waals surface area contributed by atoms with Crippen LogP contribution in [0.2, 0.25) is 0 Å². The van der Waals surface area contributed by atoms with Gasteiger partial charge in [0, 0.05) is 13.1 Å². The average molecular weight is 252 g/mol. The van der Waals surface area contributed by atoms with Gasteiger partial charge in [-0.05, 0) is 16.8 Å². The van der Waals surface area contributed by atoms with Gasteiger partial charge in [-0.3, -0.25) is 9.59 Å². The molecular weight excluding hydrogens is 236 g/mol. The molecule has 8 nitrogen and oxygen atoms in total. The van der Waals surface area contributed by atoms with Crippen LogP contribution in [0.15, 0.2) is 6.33 Å². The second-order valence-corrected chi connectivity index (χ2v) is 4.19. The molecule has 98 valence electrons. The number of carbonyl (C=O) groups is 2. The van der Waals surface area contributed by atoms with Gasteiger partial charge in [0.25, 0.3) is 0 Å². The Labute approximate surface area is 104 Å². The smallest absolute Gasteiger partial charge is 0.245 e. The Morgan fingerprint density at radius 2 is 2.44 bits per heavy atom. The molecule has 2 rings (SSSR count). The molecule has 0 bridgehead atoms. The predicted molar refractivity (Wildman–Crippen MR) is 61.2 cm³/mol. The van der Waals surface area contributed by atoms with E-state index < -0.39 is 0 Å². The monoisotopic (exact) mass is 252 g/mol. The molecule has 2 amide bonds. The fraction of sp³-hybridized carbons (Fsp3) is 0.700. The SMILES string of the molecule is CCCC1C(=O)NCCN1C(=O)Cn1cnnn1. The molecule has 0 spiro atoms. The zero-order chi connectivity index (χ0) is 13.0. The van der Waals surface area contributed by atoms with Crippen molar-refractivity contribution in [1.82, 2.24) is 30.4 Å². The highest BCUT2D eigenvalue weighted by Gasteiger charge is 2.32. The van der Waals surface area contributed by atoms with Gasteiger partial charge in [-0.2, -0.15) is 0 Å². The molecule has 1 atom stereocenters. The number of rotatable bonds is 4. The largest absolute Gasteiger partial charge is 0.353 e. The zero-order valence-corrected chi connectivity index (χ0v) is 10.2. The summed E-state index contributed by atoms with van der Waals surface area (Å²) in [5, 5.41) is 13.4. The first-order chi connectivity index (χ1) is 8.72. The molecule has 0 saturated carbocycles. The van der Waals surface area contributed by atoms with Gasteiger partial charge in [-0.15, -0.1) is 5.10 Å². The molecule has 1 aromatic heterocycles. The normalized spacial score (nSPS) is 19.7. The fourth-order valence-electron chi connectivity index (χ4n) is 2.06. The lowest BCUT2D eigenvalue weighted by molar-refractivity contribution is -0.144. The minimum absolute atomic E-state index is 0.0699. The van der Waals surface area contributed by atoms with Gasteiger partial charge >= 0.3 is 0 Å². The lowest BCUT2D eigenvalue weighted by Crippen LogP contribution is -2.57. The zero-order valence-electron chi connectivity index (χ0n) is 10.2. The van der Waals surface area contributed by atoms with Crippen LogP contribution < -0.4 is 5.32 Å². The van der Waals surface area contributed by atoms with Gasteiger partial charge in [0.1, 0.15) is 18.9 Å². The second-order valence-electron chi connectivity index (χ2n) is 4.19. The fourth-order valence-corrected chi connectivity index (χ4v) is 2.06. The number of tetrazole rings is 1. The Kier molecular flexibility index (Phi) is 3.85. The molecule has 0 aliphatic carbocycles. The van der Waals surface area contributed by atoms with Gasteiger partial charge in [0.15, 0.2) is 0 Å². The van der Waals surface area contributed by atoms with Gasteiger partial charge in [-0.1, -0.05) is 13.3 Å². The van der Waals surface area contributed by atoms with E-state index >= 15 is 0 Å². The average Bonchev–Trinajstić information content (AvgIpc) is 2.84. The molecule has 1 unspecified atom stereocenters. The van der Waals surface area contributed by atoms with E-state index in [0.717, 1.165) is 6.42 Å². The van der Waals surface area contributed by atoms with E-state index in [-0.39, 0.29) is 24.4 Å². The highest BCUT2D eigenvalue weighted by Crippen LogP contribution is 2.11. The summed E-state index contributed by atoms with van der Waals surface area (Å²) in [6.45, 7) is 3.10. The quantitative estimate of drug-likeness (QED) is 0.726. The Balaban J connectivity index is 2.04. The number of hydrogen-bond donors (Lipinski definition) is 1. The summed E-state index contributed by atoms with van der Waals surface area (Å²) in [6, 6.07) is -0.368. The highest BCUT2D eigenvalue weighted by atomic mass is 16.2. The minimum Gasteiger partial charge on any atom is -0.353 e. The van der Waals surface area contributed by atoms with Gasteiger partial charge in [0.05, 0.1) is 0 Å². The van der Waals surface area contributed by atoms with E-state index in [2.05, 4.69) is 20.8 Å². The summed E-state index contributed by atoms with van der Waals surface area (Å²) in [7, 11) is 0. The van der Waals surface area contributed by atoms with Crippen molar-refractivity contribution >= 4 is 11.8 Å². The van der Waals surface area contributed by atoms with E-state index in [9.17, 15) is 9.59 Å². The summed E-state index contributed by atoms with van der Waals surface area (Å²) in [5.74, 6) is -0.205. The first kappa shape index (κ1) is 12.5. The third-order valence-corrected chi connectivity index (χ3v) is 2.90. The Bertz CT molecular complexity index is 418. The number of hydrogen-bond acceptors (Lipinski definition) is 5. The van der Waals surface area contributed by atoms with E-state index in [4.69, 9.17) is 0 Å². The third-order valence-electron chi connectivity index (χ3n) is 2.90. The maximum absolute atomic E-state index is 12.1. The standard InChI is InChI=1S/C10H16N6O2/c1-2-3-8-10(18)11-4-5-16(8)9(17)6-15-7-12-13-14-15/h7-8H,2-6H2,1H3,(H,11,18). The molecule has 0 aromatic carbocycles. The predicted octanol–water partition coefficient (Wildman–Crippen LogP) is -1.20. The van der Waals surface area contributed by atoms with Crippen LogP contribution in [0.3, 0.4) is 0 Å². The summed E-state index contributed by atoms with van der Waals surface area (Å²) in [4.78, 5) is 25.5. The number of aromatic nitrogens is 4. The van der Waals surface area contributed by atoms with Crippen LogP contribution in [0, 0.1) is 0 Å². The lowest BCUT2D eigenvalue weighted by atomic mass is 10.1. The summed E-state index contributed by atoms with van der Waals surface area (Å²) in [6.07, 6.45) is 2.91. The van der Waals surface area contributed by atoms with Crippen LogP contribution in [0.4, 0.5) is 0 Å². The van der Waals surface area contributed by atoms with Crippen molar-refractivity contribution in [3.05, 3.63) is 6.33 Å². The van der Waals surface area contributed by atoms with Crippen molar-refractivity contribution in [2.45, 2.75) is 32.4 Å². The summed E-state index contributed by atoms with van der Waals surface area (Å²) in [5.41, 5.74) is 0. The van der Waals surface area contributed by atoms with E-state index in [1.807, 2.05) is 6.92 Å². The lowest BCUT2D eigenvalue weighted by Gasteiger charge is -2.34. The van der Waals surface area contributed by atoms with Crippen molar-refractivity contribution in [2.75, 3.05) is 13.1 Å². The van der Waals surface area contributed by atoms with Crippen LogP contribution in [0.1, 0.15) is 19.8 Å². The van der Waals surface area contributed by atoms with Crippen LogP contribution in [0.25, 0.3) is 0 Å². The molecule has 8 heteroatoms. The summed E-state index contributed by atoms with van der Waals surface area (Å²) >= 11 is 0.